The molecule has 0 aliphatic carbocycles. The smallest absolute Gasteiger partial charge is 0.326 e. The Morgan fingerprint density at radius 3 is 2.47 bits per heavy atom. The molecule has 1 aliphatic rings. The Morgan fingerprint density at radius 2 is 1.76 bits per heavy atom. The Labute approximate surface area is 206 Å². The number of carbonyl (C=O) groups excluding carboxylic acids is 2. The maximum absolute atomic E-state index is 12.9. The van der Waals surface area contributed by atoms with Crippen molar-refractivity contribution in [3.63, 3.8) is 0 Å². The molecule has 1 saturated heterocycles. The number of anilines is 4. The lowest BCUT2D eigenvalue weighted by Gasteiger charge is -2.28. The van der Waals surface area contributed by atoms with Gasteiger partial charge in [-0.05, 0) is 73.4 Å². The molecule has 0 saturated carbocycles. The number of amides is 3. The molecule has 34 heavy (non-hydrogen) atoms. The van der Waals surface area contributed by atoms with Gasteiger partial charge >= 0.3 is 6.03 Å². The van der Waals surface area contributed by atoms with E-state index < -0.39 is 0 Å². The summed E-state index contributed by atoms with van der Waals surface area (Å²) >= 11 is 0. The number of rotatable bonds is 6. The van der Waals surface area contributed by atoms with Crippen LogP contribution in [0.15, 0.2) is 72.8 Å². The van der Waals surface area contributed by atoms with Crippen LogP contribution in [0, 0.1) is 6.92 Å². The normalized spacial score (nSPS) is 13.1. The van der Waals surface area contributed by atoms with Crippen LogP contribution < -0.4 is 26.4 Å². The van der Waals surface area contributed by atoms with Crippen LogP contribution in [-0.2, 0) is 11.3 Å². The van der Waals surface area contributed by atoms with E-state index in [0.717, 1.165) is 47.6 Å². The zero-order valence-corrected chi connectivity index (χ0v) is 20.0. The molecule has 0 aromatic heterocycles. The van der Waals surface area contributed by atoms with E-state index in [-0.39, 0.29) is 24.3 Å². The highest BCUT2D eigenvalue weighted by Crippen LogP contribution is 2.28. The average molecular weight is 480 g/mol. The molecule has 1 aliphatic heterocycles. The van der Waals surface area contributed by atoms with E-state index in [1.165, 1.54) is 0 Å². The first-order valence-electron chi connectivity index (χ1n) is 11.2. The topological polar surface area (TPSA) is 90.7 Å². The third kappa shape index (κ3) is 5.87. The summed E-state index contributed by atoms with van der Waals surface area (Å²) in [7, 11) is 0. The molecule has 0 spiro atoms. The summed E-state index contributed by atoms with van der Waals surface area (Å²) in [5.74, 6) is 0.154. The van der Waals surface area contributed by atoms with E-state index in [0.29, 0.717) is 18.7 Å². The molecule has 8 heteroatoms. The molecule has 3 aromatic rings. The first-order valence-corrected chi connectivity index (χ1v) is 11.2. The number of hydrogen-bond acceptors (Lipinski definition) is 4. The fourth-order valence-electron chi connectivity index (χ4n) is 4.04. The van der Waals surface area contributed by atoms with E-state index in [2.05, 4.69) is 10.7 Å². The van der Waals surface area contributed by atoms with Gasteiger partial charge in [0.2, 0.25) is 5.91 Å². The van der Waals surface area contributed by atoms with Crippen LogP contribution in [0.3, 0.4) is 0 Å². The third-order valence-electron chi connectivity index (χ3n) is 5.70. The van der Waals surface area contributed by atoms with Crippen molar-refractivity contribution in [2.45, 2.75) is 32.7 Å². The Morgan fingerprint density at radius 1 is 1.00 bits per heavy atom. The minimum Gasteiger partial charge on any atom is -0.326 e. The molecule has 0 atom stereocenters. The Kier molecular flexibility index (Phi) is 8.51. The summed E-state index contributed by atoms with van der Waals surface area (Å²) in [5, 5.41) is 4.63. The van der Waals surface area contributed by atoms with Crippen molar-refractivity contribution in [2.24, 2.45) is 5.73 Å². The Balaban J connectivity index is 0.00000324. The van der Waals surface area contributed by atoms with Crippen LogP contribution in [0.5, 0.6) is 0 Å². The SMILES string of the molecule is Cc1cc(NC(=O)NN(c2ccccc2)c2cccc(CN)c2)ccc1N1CCCCC1=O.Cl. The molecule has 1 heterocycles. The second-order valence-electron chi connectivity index (χ2n) is 8.11. The van der Waals surface area contributed by atoms with E-state index in [1.54, 1.807) is 5.01 Å². The van der Waals surface area contributed by atoms with Gasteiger partial charge in [-0.2, -0.15) is 0 Å². The van der Waals surface area contributed by atoms with Crippen LogP contribution in [-0.4, -0.2) is 18.5 Å². The van der Waals surface area contributed by atoms with Crippen LogP contribution in [0.2, 0.25) is 0 Å². The zero-order chi connectivity index (χ0) is 23.2. The highest BCUT2D eigenvalue weighted by atomic mass is 35.5. The van der Waals surface area contributed by atoms with Crippen molar-refractivity contribution >= 4 is 47.1 Å². The maximum atomic E-state index is 12.9. The number of hydrogen-bond donors (Lipinski definition) is 3. The molecule has 4 rings (SSSR count). The lowest BCUT2D eigenvalue weighted by atomic mass is 10.1. The molecule has 3 amide bonds. The first kappa shape index (κ1) is 25.1. The predicted molar refractivity (Wildman–Crippen MR) is 140 cm³/mol. The maximum Gasteiger partial charge on any atom is 0.338 e. The molecule has 0 bridgehead atoms. The lowest BCUT2D eigenvalue weighted by Crippen LogP contribution is -2.41. The number of carbonyl (C=O) groups is 2. The Hall–Kier alpha value is -3.55. The van der Waals surface area contributed by atoms with Gasteiger partial charge in [0.05, 0.1) is 11.4 Å². The standard InChI is InChI=1S/C26H29N5O2.ClH/c1-19-16-21(13-14-24(19)30-15-6-5-12-25(30)32)28-26(33)29-31(22-9-3-2-4-10-22)23-11-7-8-20(17-23)18-27;/h2-4,7-11,13-14,16-17H,5-6,12,15,18,27H2,1H3,(H2,28,29,33);1H. The quantitative estimate of drug-likeness (QED) is 0.420. The zero-order valence-electron chi connectivity index (χ0n) is 19.2. The molecule has 1 fully saturated rings. The molecule has 178 valence electrons. The van der Waals surface area contributed by atoms with Crippen molar-refractivity contribution in [1.29, 1.82) is 0 Å². The second-order valence-corrected chi connectivity index (χ2v) is 8.11. The second kappa shape index (κ2) is 11.5. The fourth-order valence-corrected chi connectivity index (χ4v) is 4.04. The molecule has 0 unspecified atom stereocenters. The number of halogens is 1. The highest BCUT2D eigenvalue weighted by molar-refractivity contribution is 5.96. The average Bonchev–Trinajstić information content (AvgIpc) is 2.84. The molecular formula is C26H30ClN5O2. The van der Waals surface area contributed by atoms with Crippen LogP contribution >= 0.6 is 12.4 Å². The molecule has 0 radical (unpaired) electrons. The summed E-state index contributed by atoms with van der Waals surface area (Å²) in [6.07, 6.45) is 2.54. The summed E-state index contributed by atoms with van der Waals surface area (Å²) in [4.78, 5) is 27.0. The van der Waals surface area contributed by atoms with Gasteiger partial charge in [0, 0.05) is 30.9 Å². The lowest BCUT2D eigenvalue weighted by molar-refractivity contribution is -0.119. The minimum atomic E-state index is -0.377. The fraction of sp³-hybridized carbons (Fsp3) is 0.231. The van der Waals surface area contributed by atoms with Gasteiger partial charge in [0.25, 0.3) is 0 Å². The monoisotopic (exact) mass is 479 g/mol. The van der Waals surface area contributed by atoms with E-state index >= 15 is 0 Å². The summed E-state index contributed by atoms with van der Waals surface area (Å²) in [6, 6.07) is 22.6. The van der Waals surface area contributed by atoms with Crippen molar-refractivity contribution in [2.75, 3.05) is 21.8 Å². The first-order chi connectivity index (χ1) is 16.0. The van der Waals surface area contributed by atoms with Gasteiger partial charge in [-0.3, -0.25) is 9.80 Å². The van der Waals surface area contributed by atoms with Gasteiger partial charge in [-0.25, -0.2) is 10.2 Å². The number of nitrogens with one attached hydrogen (secondary N) is 2. The van der Waals surface area contributed by atoms with Crippen molar-refractivity contribution in [3.8, 4) is 0 Å². The van der Waals surface area contributed by atoms with Gasteiger partial charge < -0.3 is 16.0 Å². The van der Waals surface area contributed by atoms with Crippen molar-refractivity contribution in [1.82, 2.24) is 5.43 Å². The molecule has 3 aromatic carbocycles. The van der Waals surface area contributed by atoms with Crippen molar-refractivity contribution in [3.05, 3.63) is 83.9 Å². The number of benzene rings is 3. The largest absolute Gasteiger partial charge is 0.338 e. The minimum absolute atomic E-state index is 0. The summed E-state index contributed by atoms with van der Waals surface area (Å²) in [6.45, 7) is 3.10. The number of aryl methyl sites for hydroxylation is 1. The van der Waals surface area contributed by atoms with E-state index in [4.69, 9.17) is 5.73 Å². The number of hydrazine groups is 1. The van der Waals surface area contributed by atoms with Crippen LogP contribution in [0.25, 0.3) is 0 Å². The molecule has 7 nitrogen and oxygen atoms in total. The van der Waals surface area contributed by atoms with Gasteiger partial charge in [0.15, 0.2) is 0 Å². The van der Waals surface area contributed by atoms with E-state index in [1.807, 2.05) is 84.6 Å². The summed E-state index contributed by atoms with van der Waals surface area (Å²) in [5.41, 5.74) is 13.8. The van der Waals surface area contributed by atoms with Gasteiger partial charge in [-0.15, -0.1) is 12.4 Å². The van der Waals surface area contributed by atoms with Gasteiger partial charge in [-0.1, -0.05) is 30.3 Å². The Bertz CT molecular complexity index is 1140. The summed E-state index contributed by atoms with van der Waals surface area (Å²) < 4.78 is 0. The number of nitrogens with two attached hydrogens (primary N) is 1. The molecule has 4 N–H and O–H groups in total. The number of para-hydroxylation sites is 1. The highest BCUT2D eigenvalue weighted by Gasteiger charge is 2.21. The van der Waals surface area contributed by atoms with Crippen LogP contribution in [0.4, 0.5) is 27.5 Å². The number of piperidine rings is 1. The van der Waals surface area contributed by atoms with E-state index in [9.17, 15) is 9.59 Å². The molecular weight excluding hydrogens is 450 g/mol. The number of urea groups is 1. The van der Waals surface area contributed by atoms with Crippen LogP contribution in [0.1, 0.15) is 30.4 Å². The third-order valence-corrected chi connectivity index (χ3v) is 5.70. The number of nitrogens with zero attached hydrogens (tertiary/aromatic N) is 2. The van der Waals surface area contributed by atoms with Crippen molar-refractivity contribution < 1.29 is 9.59 Å². The van der Waals surface area contributed by atoms with Gasteiger partial charge in [0.1, 0.15) is 0 Å². The predicted octanol–water partition coefficient (Wildman–Crippen LogP) is 5.27.